The fourth-order valence-electron chi connectivity index (χ4n) is 1.88. The molecule has 0 amide bonds. The Morgan fingerprint density at radius 2 is 1.29 bits per heavy atom. The molecule has 0 bridgehead atoms. The van der Waals surface area contributed by atoms with E-state index in [1.807, 2.05) is 38.9 Å². The van der Waals surface area contributed by atoms with Crippen LogP contribution in [0.2, 0.25) is 0 Å². The van der Waals surface area contributed by atoms with Crippen molar-refractivity contribution in [1.29, 1.82) is 0 Å². The summed E-state index contributed by atoms with van der Waals surface area (Å²) >= 11 is 0. The second kappa shape index (κ2) is 14.9. The van der Waals surface area contributed by atoms with E-state index in [0.29, 0.717) is 6.04 Å². The Balaban J connectivity index is -0.000000684. The van der Waals surface area contributed by atoms with Gasteiger partial charge in [-0.25, -0.2) is 9.97 Å². The van der Waals surface area contributed by atoms with E-state index in [1.165, 1.54) is 0 Å². The summed E-state index contributed by atoms with van der Waals surface area (Å²) in [5.74, 6) is 2.16. The number of nitrogens with zero attached hydrogens (tertiary/aromatic N) is 5. The van der Waals surface area contributed by atoms with Crippen molar-refractivity contribution in [2.45, 2.75) is 33.0 Å². The minimum absolute atomic E-state index is 0. The van der Waals surface area contributed by atoms with Crippen LogP contribution >= 0.6 is 0 Å². The number of hydrogen-bond donors (Lipinski definition) is 0. The van der Waals surface area contributed by atoms with Crippen LogP contribution in [0, 0.1) is 7.43 Å². The van der Waals surface area contributed by atoms with Gasteiger partial charge in [-0.3, -0.25) is 18.5 Å². The van der Waals surface area contributed by atoms with Crippen LogP contribution in [0.5, 0.6) is 0 Å². The molecule has 0 atom stereocenters. The largest absolute Gasteiger partial charge is 5.00 e. The molecule has 0 fully saturated rings. The van der Waals surface area contributed by atoms with E-state index >= 15 is 0 Å². The number of aromatic nitrogens is 4. The molecule has 8 heteroatoms. The Bertz CT molecular complexity index is 498. The van der Waals surface area contributed by atoms with E-state index in [9.17, 15) is 0 Å². The van der Waals surface area contributed by atoms with E-state index in [2.05, 4.69) is 51.4 Å². The van der Waals surface area contributed by atoms with Gasteiger partial charge in [0.1, 0.15) is 11.6 Å². The fraction of sp³-hybridized carbons (Fsp3) is 0.438. The summed E-state index contributed by atoms with van der Waals surface area (Å²) in [5.41, 5.74) is 0. The molecule has 132 valence electrons. The van der Waals surface area contributed by atoms with Gasteiger partial charge in [0.2, 0.25) is 0 Å². The Kier molecular flexibility index (Phi) is 16.9. The van der Waals surface area contributed by atoms with Gasteiger partial charge in [-0.1, -0.05) is 0 Å². The molecule has 0 aromatic carbocycles. The van der Waals surface area contributed by atoms with Gasteiger partial charge in [-0.05, 0) is 13.8 Å². The van der Waals surface area contributed by atoms with Crippen molar-refractivity contribution in [2.24, 2.45) is 14.1 Å². The first-order valence-corrected chi connectivity index (χ1v) is 6.71. The molecule has 0 aliphatic heterocycles. The number of rotatable bonds is 5. The fourth-order valence-corrected chi connectivity index (χ4v) is 1.88. The Hall–Kier alpha value is -1.63. The SMILES string of the molecule is CC(C)N(Cc1nccn1C)Cc1nccn1C.[99Tc+5].[CH-]=O.[CH-]=O.[CH3-]. The molecule has 0 saturated heterocycles. The number of aryl methyl sites for hydroxylation is 2. The molecule has 0 aliphatic carbocycles. The predicted molar refractivity (Wildman–Crippen MR) is 90.7 cm³/mol. The van der Waals surface area contributed by atoms with Gasteiger partial charge < -0.3 is 26.1 Å². The van der Waals surface area contributed by atoms with Gasteiger partial charge in [0.15, 0.2) is 0 Å². The molecule has 2 heterocycles. The first-order valence-electron chi connectivity index (χ1n) is 6.71. The molecule has 7 nitrogen and oxygen atoms in total. The molecule has 2 rings (SSSR count). The van der Waals surface area contributed by atoms with E-state index in [1.54, 1.807) is 0 Å². The number of hydrogen-bond acceptors (Lipinski definition) is 5. The van der Waals surface area contributed by atoms with Crippen molar-refractivity contribution in [3.63, 3.8) is 0 Å². The second-order valence-corrected chi connectivity index (χ2v) is 4.91. The molecule has 2 aromatic heterocycles. The van der Waals surface area contributed by atoms with Gasteiger partial charge in [0, 0.05) is 44.9 Å². The summed E-state index contributed by atoms with van der Waals surface area (Å²) < 4.78 is 4.13. The van der Waals surface area contributed by atoms with Crippen LogP contribution in [0.4, 0.5) is 0 Å². The van der Waals surface area contributed by atoms with Crippen molar-refractivity contribution in [1.82, 2.24) is 24.0 Å². The molecule has 2 aromatic rings. The summed E-state index contributed by atoms with van der Waals surface area (Å²) in [6.07, 6.45) is 7.65. The number of carbonyl (C=O) groups excluding carboxylic acids is 2. The zero-order valence-corrected chi connectivity index (χ0v) is 16.7. The second-order valence-electron chi connectivity index (χ2n) is 4.91. The first-order chi connectivity index (χ1) is 10.6. The van der Waals surface area contributed by atoms with Crippen LogP contribution in [0.25, 0.3) is 0 Å². The average molecular weight is 419 g/mol. The maximum Gasteiger partial charge on any atom is 5.00 e. The van der Waals surface area contributed by atoms with Crippen LogP contribution in [0.3, 0.4) is 0 Å². The minimum Gasteiger partial charge on any atom is -0.545 e. The summed E-state index contributed by atoms with van der Waals surface area (Å²) in [6, 6.07) is 0.457. The summed E-state index contributed by atoms with van der Waals surface area (Å²) in [5, 5.41) is 0. The standard InChI is InChI=1S/C13H21N5.2CHO.CH3.Tc/c1-11(2)18(9-12-14-5-7-16(12)3)10-13-15-6-8-17(13)4;2*1-2;;/h5-8,11H,9-10H2,1-4H3;2*1H;1H3;/q;3*-1;+5/i;;;;1+1. The monoisotopic (exact) mass is 419 g/mol. The van der Waals surface area contributed by atoms with Crippen LogP contribution in [-0.2, 0) is 56.9 Å². The smallest absolute Gasteiger partial charge is 0.545 e. The Morgan fingerprint density at radius 1 is 0.958 bits per heavy atom. The molecule has 0 unspecified atom stereocenters. The molecule has 0 saturated carbocycles. The third-order valence-electron chi connectivity index (χ3n) is 3.26. The van der Waals surface area contributed by atoms with E-state index < -0.39 is 0 Å². The maximum absolute atomic E-state index is 7.75. The zero-order chi connectivity index (χ0) is 17.1. The molecule has 0 N–H and O–H groups in total. The third-order valence-corrected chi connectivity index (χ3v) is 3.26. The van der Waals surface area contributed by atoms with E-state index in [-0.39, 0.29) is 27.5 Å². The van der Waals surface area contributed by atoms with Crippen molar-refractivity contribution < 1.29 is 29.7 Å². The van der Waals surface area contributed by atoms with Crippen molar-refractivity contribution in [2.75, 3.05) is 0 Å². The van der Waals surface area contributed by atoms with Crippen molar-refractivity contribution >= 4 is 13.6 Å². The summed E-state index contributed by atoms with van der Waals surface area (Å²) in [6.45, 7) is 12.6. The molecule has 0 radical (unpaired) electrons. The normalized spacial score (nSPS) is 9.08. The minimum atomic E-state index is 0. The summed E-state index contributed by atoms with van der Waals surface area (Å²) in [4.78, 5) is 26.6. The van der Waals surface area contributed by atoms with Gasteiger partial charge >= 0.3 is 20.1 Å². The quantitative estimate of drug-likeness (QED) is 0.542. The predicted octanol–water partition coefficient (Wildman–Crippen LogP) is 1.46. The van der Waals surface area contributed by atoms with Crippen LogP contribution in [0.1, 0.15) is 25.5 Å². The van der Waals surface area contributed by atoms with Gasteiger partial charge in [-0.2, -0.15) is 0 Å². The zero-order valence-electron chi connectivity index (χ0n) is 14.9. The van der Waals surface area contributed by atoms with Gasteiger partial charge in [-0.15, -0.1) is 0 Å². The van der Waals surface area contributed by atoms with Gasteiger partial charge in [0.05, 0.1) is 13.1 Å². The van der Waals surface area contributed by atoms with E-state index in [4.69, 9.17) is 9.59 Å². The molecular weight excluding hydrogens is 393 g/mol. The molecular formula is C16H26N5O2Tc+2. The van der Waals surface area contributed by atoms with E-state index in [0.717, 1.165) is 24.7 Å². The van der Waals surface area contributed by atoms with Crippen molar-refractivity contribution in [3.05, 3.63) is 43.9 Å². The van der Waals surface area contributed by atoms with Crippen LogP contribution in [-0.4, -0.2) is 43.6 Å². The average Bonchev–Trinajstić information content (AvgIpc) is 3.12. The third kappa shape index (κ3) is 8.29. The Morgan fingerprint density at radius 3 is 1.50 bits per heavy atom. The summed E-state index contributed by atoms with van der Waals surface area (Å²) in [7, 11) is 4.06. The van der Waals surface area contributed by atoms with Gasteiger partial charge in [0.25, 0.3) is 0 Å². The van der Waals surface area contributed by atoms with Crippen molar-refractivity contribution in [3.8, 4) is 0 Å². The van der Waals surface area contributed by atoms with Crippen LogP contribution in [0.15, 0.2) is 24.8 Å². The molecule has 24 heavy (non-hydrogen) atoms. The first kappa shape index (κ1) is 27.2. The maximum atomic E-state index is 7.75. The molecule has 0 aliphatic rings. The molecule has 0 spiro atoms. The topological polar surface area (TPSA) is 73.0 Å². The van der Waals surface area contributed by atoms with Crippen LogP contribution < -0.4 is 0 Å². The number of imidazole rings is 2. The Labute approximate surface area is 158 Å².